The molecule has 2 aliphatic heterocycles. The van der Waals surface area contributed by atoms with Crippen molar-refractivity contribution in [3.8, 4) is 28.4 Å². The second-order valence-electron chi connectivity index (χ2n) is 14.8. The molecule has 1 unspecified atom stereocenters. The number of aliphatic hydroxyl groups is 1. The number of piperidine rings is 1. The molecule has 1 fully saturated rings. The van der Waals surface area contributed by atoms with E-state index in [9.17, 15) is 19.4 Å². The van der Waals surface area contributed by atoms with Crippen molar-refractivity contribution in [1.29, 1.82) is 0 Å². The highest BCUT2D eigenvalue weighted by Gasteiger charge is 2.36. The van der Waals surface area contributed by atoms with E-state index in [1.807, 2.05) is 30.0 Å². The molecule has 0 spiro atoms. The number of carbonyl (C=O) groups is 1. The molecule has 4 aromatic rings. The van der Waals surface area contributed by atoms with Crippen LogP contribution in [0, 0.1) is 5.82 Å². The Labute approximate surface area is 302 Å². The van der Waals surface area contributed by atoms with E-state index < -0.39 is 5.82 Å². The second kappa shape index (κ2) is 17.6. The zero-order chi connectivity index (χ0) is 35.7. The van der Waals surface area contributed by atoms with Gasteiger partial charge < -0.3 is 20.1 Å². The topological polar surface area (TPSA) is 121 Å². The van der Waals surface area contributed by atoms with Gasteiger partial charge in [-0.05, 0) is 66.6 Å². The molecular formula is C41H57FN6O3. The number of likely N-dealkylation sites (tertiary alicyclic amines) is 1. The number of unbranched alkanes of at least 4 members (excludes halogenated alkanes) is 11. The van der Waals surface area contributed by atoms with E-state index in [0.717, 1.165) is 63.9 Å². The van der Waals surface area contributed by atoms with Crippen molar-refractivity contribution >= 4 is 16.8 Å². The van der Waals surface area contributed by atoms with Crippen LogP contribution in [0.15, 0.2) is 30.3 Å². The molecular weight excluding hydrogens is 643 g/mol. The third-order valence-corrected chi connectivity index (χ3v) is 11.1. The van der Waals surface area contributed by atoms with Gasteiger partial charge in [0, 0.05) is 31.6 Å². The summed E-state index contributed by atoms with van der Waals surface area (Å²) in [6.45, 7) is 6.72. The van der Waals surface area contributed by atoms with Crippen LogP contribution in [0.3, 0.4) is 0 Å². The summed E-state index contributed by atoms with van der Waals surface area (Å²) in [5, 5.41) is 28.6. The van der Waals surface area contributed by atoms with Crippen LogP contribution in [0.4, 0.5) is 4.39 Å². The van der Waals surface area contributed by atoms with Crippen molar-refractivity contribution in [2.24, 2.45) is 0 Å². The average molecular weight is 701 g/mol. The van der Waals surface area contributed by atoms with Gasteiger partial charge in [0.1, 0.15) is 5.69 Å². The summed E-state index contributed by atoms with van der Waals surface area (Å²) in [7, 11) is 0. The van der Waals surface area contributed by atoms with Gasteiger partial charge in [0.2, 0.25) is 5.91 Å². The number of imidazole rings is 1. The van der Waals surface area contributed by atoms with Crippen molar-refractivity contribution in [2.45, 2.75) is 142 Å². The zero-order valence-electron chi connectivity index (χ0n) is 30.7. The maximum absolute atomic E-state index is 14.3. The number of rotatable bonds is 18. The lowest BCUT2D eigenvalue weighted by Crippen LogP contribution is -2.50. The number of aromatic nitrogens is 4. The van der Waals surface area contributed by atoms with Gasteiger partial charge in [-0.15, -0.1) is 0 Å². The van der Waals surface area contributed by atoms with Gasteiger partial charge in [0.15, 0.2) is 17.4 Å². The molecule has 0 saturated carbocycles. The van der Waals surface area contributed by atoms with Crippen molar-refractivity contribution in [1.82, 2.24) is 30.0 Å². The minimum atomic E-state index is -0.639. The number of aromatic hydroxyl groups is 1. The SMILES string of the molecule is CCCCCCCCCCCCCCC(C(=O)N1CCC(O)CC1)N1Cc2nc(-c3n[nH]c4cc(-c5cc(F)c(O)cc5CC)ccc34)[nH]c2C1. The predicted molar refractivity (Wildman–Crippen MR) is 201 cm³/mol. The molecule has 1 atom stereocenters. The Kier molecular flexibility index (Phi) is 12.8. The number of amides is 1. The first-order valence-electron chi connectivity index (χ1n) is 19.6. The van der Waals surface area contributed by atoms with Crippen molar-refractivity contribution < 1.29 is 19.4 Å². The molecule has 0 bridgehead atoms. The summed E-state index contributed by atoms with van der Waals surface area (Å²) in [4.78, 5) is 26.7. The third-order valence-electron chi connectivity index (χ3n) is 11.1. The number of nitrogens with zero attached hydrogens (tertiary/aromatic N) is 4. The summed E-state index contributed by atoms with van der Waals surface area (Å²) in [6.07, 6.45) is 18.0. The van der Waals surface area contributed by atoms with E-state index in [2.05, 4.69) is 27.0 Å². The minimum absolute atomic E-state index is 0.184. The first-order valence-corrected chi connectivity index (χ1v) is 19.6. The molecule has 0 aliphatic carbocycles. The quantitative estimate of drug-likeness (QED) is 0.0771. The Bertz CT molecular complexity index is 1720. The van der Waals surface area contributed by atoms with Gasteiger partial charge in [-0.2, -0.15) is 5.10 Å². The van der Waals surface area contributed by atoms with Crippen molar-refractivity contribution in [3.63, 3.8) is 0 Å². The minimum Gasteiger partial charge on any atom is -0.505 e. The van der Waals surface area contributed by atoms with E-state index in [1.54, 1.807) is 0 Å². The second-order valence-corrected chi connectivity index (χ2v) is 14.8. The first-order chi connectivity index (χ1) is 24.9. The maximum atomic E-state index is 14.3. The van der Waals surface area contributed by atoms with Crippen LogP contribution >= 0.6 is 0 Å². The summed E-state index contributed by atoms with van der Waals surface area (Å²) < 4.78 is 14.3. The standard InChI is InChI=1S/C41H57FN6O3/c1-3-5-6-7-8-9-10-11-12-13-14-15-16-37(41(51)47-21-19-30(49)20-22-47)48-26-35-36(27-48)44-40(43-35)39-31-18-17-29(23-34(31)45-46-39)32-25-33(42)38(50)24-28(32)4-2/h17-18,23-25,30,37,49-50H,3-16,19-22,26-27H2,1-2H3,(H,43,44)(H,45,46). The molecule has 1 amide bonds. The van der Waals surface area contributed by atoms with E-state index in [0.29, 0.717) is 51.3 Å². The monoisotopic (exact) mass is 700 g/mol. The lowest BCUT2D eigenvalue weighted by atomic mass is 9.96. The number of hydrogen-bond acceptors (Lipinski definition) is 6. The normalized spacial score (nSPS) is 16.0. The fourth-order valence-electron chi connectivity index (χ4n) is 7.96. The van der Waals surface area contributed by atoms with Crippen LogP contribution in [0.5, 0.6) is 5.75 Å². The van der Waals surface area contributed by atoms with E-state index in [4.69, 9.17) is 4.98 Å². The number of hydrogen-bond donors (Lipinski definition) is 4. The number of aromatic amines is 2. The summed E-state index contributed by atoms with van der Waals surface area (Å²) >= 11 is 0. The Morgan fingerprint density at radius 3 is 2.29 bits per heavy atom. The highest BCUT2D eigenvalue weighted by atomic mass is 19.1. The average Bonchev–Trinajstić information content (AvgIpc) is 3.85. The molecule has 2 aliphatic rings. The van der Waals surface area contributed by atoms with Crippen LogP contribution in [0.25, 0.3) is 33.5 Å². The smallest absolute Gasteiger partial charge is 0.239 e. The zero-order valence-corrected chi connectivity index (χ0v) is 30.7. The van der Waals surface area contributed by atoms with Gasteiger partial charge in [0.25, 0.3) is 0 Å². The summed E-state index contributed by atoms with van der Waals surface area (Å²) in [5.74, 6) is -0.0996. The Balaban J connectivity index is 1.07. The molecule has 10 heteroatoms. The number of carbonyl (C=O) groups excluding carboxylic acids is 1. The molecule has 9 nitrogen and oxygen atoms in total. The van der Waals surface area contributed by atoms with Crippen molar-refractivity contribution in [2.75, 3.05) is 13.1 Å². The van der Waals surface area contributed by atoms with Gasteiger partial charge in [-0.1, -0.05) is 97.0 Å². The molecule has 0 radical (unpaired) electrons. The molecule has 2 aromatic heterocycles. The fraction of sp³-hybridized carbons (Fsp3) is 0.585. The van der Waals surface area contributed by atoms with Crippen LogP contribution < -0.4 is 0 Å². The van der Waals surface area contributed by atoms with Gasteiger partial charge in [-0.3, -0.25) is 14.8 Å². The third kappa shape index (κ3) is 9.01. The number of nitrogens with one attached hydrogen (secondary N) is 2. The first kappa shape index (κ1) is 37.0. The molecule has 4 heterocycles. The maximum Gasteiger partial charge on any atom is 0.239 e. The van der Waals surface area contributed by atoms with E-state index in [-0.39, 0.29) is 23.8 Å². The number of halogens is 1. The predicted octanol–water partition coefficient (Wildman–Crippen LogP) is 8.79. The Morgan fingerprint density at radius 2 is 1.63 bits per heavy atom. The molecule has 51 heavy (non-hydrogen) atoms. The van der Waals surface area contributed by atoms with Gasteiger partial charge in [0.05, 0.1) is 29.1 Å². The molecule has 1 saturated heterocycles. The summed E-state index contributed by atoms with van der Waals surface area (Å²) in [6, 6.07) is 8.58. The van der Waals surface area contributed by atoms with Crippen LogP contribution in [-0.4, -0.2) is 71.3 Å². The van der Waals surface area contributed by atoms with Crippen LogP contribution in [0.2, 0.25) is 0 Å². The number of aliphatic hydroxyl groups excluding tert-OH is 1. The number of H-pyrrole nitrogens is 2. The highest BCUT2D eigenvalue weighted by molar-refractivity contribution is 5.94. The number of benzene rings is 2. The van der Waals surface area contributed by atoms with Gasteiger partial charge >= 0.3 is 0 Å². The van der Waals surface area contributed by atoms with E-state index in [1.165, 1.54) is 76.3 Å². The van der Waals surface area contributed by atoms with Gasteiger partial charge in [-0.25, -0.2) is 9.37 Å². The largest absolute Gasteiger partial charge is 0.505 e. The lowest BCUT2D eigenvalue weighted by Gasteiger charge is -2.35. The number of fused-ring (bicyclic) bond motifs is 2. The Hall–Kier alpha value is -3.76. The Morgan fingerprint density at radius 1 is 0.941 bits per heavy atom. The molecule has 4 N–H and O–H groups in total. The van der Waals surface area contributed by atoms with Crippen molar-refractivity contribution in [3.05, 3.63) is 53.1 Å². The molecule has 6 rings (SSSR count). The van der Waals surface area contributed by atoms with Crippen LogP contribution in [-0.2, 0) is 24.3 Å². The molecule has 276 valence electrons. The fourth-order valence-corrected chi connectivity index (χ4v) is 7.96. The van der Waals surface area contributed by atoms with E-state index >= 15 is 0 Å². The number of aryl methyl sites for hydroxylation is 1. The lowest BCUT2D eigenvalue weighted by molar-refractivity contribution is -0.139. The number of phenols is 1. The molecule has 2 aromatic carbocycles. The number of phenolic OH excluding ortho intramolecular Hbond substituents is 1. The summed E-state index contributed by atoms with van der Waals surface area (Å²) in [5.41, 5.74) is 5.97. The highest BCUT2D eigenvalue weighted by Crippen LogP contribution is 2.35. The van der Waals surface area contributed by atoms with Crippen LogP contribution in [0.1, 0.15) is 127 Å².